The Morgan fingerprint density at radius 1 is 0.733 bits per heavy atom. The molecule has 0 aliphatic carbocycles. The third kappa shape index (κ3) is 3.88. The Morgan fingerprint density at radius 2 is 1.30 bits per heavy atom. The van der Waals surface area contributed by atoms with Crippen LogP contribution < -0.4 is 4.74 Å². The molecule has 0 amide bonds. The SMILES string of the molecule is CC(C)c1cc2c(F)c(F)c(F)c(F)c2[nH]1.COc1cccc2cc(C(C)C)[nH]c12. The predicted octanol–water partition coefficient (Wildman–Crippen LogP) is 7.15. The molecule has 4 rings (SSSR count). The second kappa shape index (κ2) is 8.42. The van der Waals surface area contributed by atoms with Crippen LogP contribution in [-0.4, -0.2) is 17.1 Å². The zero-order chi connectivity index (χ0) is 22.2. The fourth-order valence-corrected chi connectivity index (χ4v) is 3.18. The minimum atomic E-state index is -1.79. The second-order valence-corrected chi connectivity index (χ2v) is 7.73. The zero-order valence-electron chi connectivity index (χ0n) is 17.5. The Balaban J connectivity index is 0.000000172. The van der Waals surface area contributed by atoms with E-state index in [4.69, 9.17) is 4.74 Å². The molecule has 4 aromatic rings. The number of hydrogen-bond donors (Lipinski definition) is 2. The molecule has 0 radical (unpaired) electrons. The van der Waals surface area contributed by atoms with Gasteiger partial charge in [0.1, 0.15) is 5.75 Å². The summed E-state index contributed by atoms with van der Waals surface area (Å²) in [5, 5.41) is 0.952. The van der Waals surface area contributed by atoms with Crippen molar-refractivity contribution in [3.63, 3.8) is 0 Å². The average molecular weight is 420 g/mol. The molecule has 0 aliphatic rings. The van der Waals surface area contributed by atoms with Crippen LogP contribution in [0.4, 0.5) is 17.6 Å². The molecule has 2 aromatic carbocycles. The van der Waals surface area contributed by atoms with E-state index < -0.39 is 23.3 Å². The third-order valence-electron chi connectivity index (χ3n) is 4.98. The molecular weight excluding hydrogens is 396 g/mol. The fourth-order valence-electron chi connectivity index (χ4n) is 3.18. The highest BCUT2D eigenvalue weighted by Gasteiger charge is 2.22. The Labute approximate surface area is 172 Å². The van der Waals surface area contributed by atoms with Crippen molar-refractivity contribution in [2.24, 2.45) is 0 Å². The first-order valence-electron chi connectivity index (χ1n) is 9.65. The van der Waals surface area contributed by atoms with Gasteiger partial charge in [-0.15, -0.1) is 0 Å². The van der Waals surface area contributed by atoms with Crippen LogP contribution in [0.3, 0.4) is 0 Å². The van der Waals surface area contributed by atoms with E-state index in [1.807, 2.05) is 12.1 Å². The number of nitrogens with one attached hydrogen (secondary N) is 2. The van der Waals surface area contributed by atoms with Crippen LogP contribution in [0.5, 0.6) is 5.75 Å². The molecule has 7 heteroatoms. The fraction of sp³-hybridized carbons (Fsp3) is 0.304. The van der Waals surface area contributed by atoms with E-state index in [0.29, 0.717) is 11.6 Å². The minimum Gasteiger partial charge on any atom is -0.495 e. The molecule has 3 nitrogen and oxygen atoms in total. The first-order chi connectivity index (χ1) is 14.1. The molecular formula is C23H24F4N2O. The predicted molar refractivity (Wildman–Crippen MR) is 111 cm³/mol. The molecule has 0 unspecified atom stereocenters. The van der Waals surface area contributed by atoms with Gasteiger partial charge >= 0.3 is 0 Å². The number of ether oxygens (including phenoxy) is 1. The number of halogens is 4. The summed E-state index contributed by atoms with van der Waals surface area (Å²) < 4.78 is 57.8. The summed E-state index contributed by atoms with van der Waals surface area (Å²) >= 11 is 0. The number of rotatable bonds is 3. The zero-order valence-corrected chi connectivity index (χ0v) is 17.5. The highest BCUT2D eigenvalue weighted by molar-refractivity contribution is 5.86. The number of aromatic nitrogens is 2. The van der Waals surface area contributed by atoms with Gasteiger partial charge in [0.05, 0.1) is 18.1 Å². The van der Waals surface area contributed by atoms with Crippen molar-refractivity contribution in [1.82, 2.24) is 9.97 Å². The summed E-state index contributed by atoms with van der Waals surface area (Å²) in [6.07, 6.45) is 0. The number of methoxy groups -OCH3 is 1. The lowest BCUT2D eigenvalue weighted by Crippen LogP contribution is -1.96. The standard InChI is InChI=1S/C12H15NO.C11H9F4N/c1-8(2)10-7-9-5-4-6-11(14-3)12(9)13-10;1-4(2)6-3-5-7(12)8(13)9(14)10(15)11(5)16-6/h4-8,13H,1-3H3;3-4,16H,1-2H3. The normalized spacial score (nSPS) is 11.4. The van der Waals surface area contributed by atoms with Gasteiger partial charge in [-0.25, -0.2) is 17.6 Å². The molecule has 0 atom stereocenters. The lowest BCUT2D eigenvalue weighted by atomic mass is 10.1. The quantitative estimate of drug-likeness (QED) is 0.206. The Hall–Kier alpha value is -2.96. The van der Waals surface area contributed by atoms with Crippen LogP contribution in [0.25, 0.3) is 21.8 Å². The van der Waals surface area contributed by atoms with Gasteiger partial charge in [-0.1, -0.05) is 39.8 Å². The monoisotopic (exact) mass is 420 g/mol. The van der Waals surface area contributed by atoms with Gasteiger partial charge in [-0.05, 0) is 30.0 Å². The van der Waals surface area contributed by atoms with Gasteiger partial charge in [-0.2, -0.15) is 0 Å². The van der Waals surface area contributed by atoms with Crippen molar-refractivity contribution in [3.8, 4) is 5.75 Å². The summed E-state index contributed by atoms with van der Waals surface area (Å²) in [7, 11) is 1.70. The molecule has 30 heavy (non-hydrogen) atoms. The molecule has 0 bridgehead atoms. The smallest absolute Gasteiger partial charge is 0.199 e. The number of aromatic amines is 2. The highest BCUT2D eigenvalue weighted by atomic mass is 19.2. The molecule has 0 spiro atoms. The molecule has 0 saturated carbocycles. The van der Waals surface area contributed by atoms with Gasteiger partial charge in [-0.3, -0.25) is 0 Å². The number of H-pyrrole nitrogens is 2. The van der Waals surface area contributed by atoms with Crippen LogP contribution in [0, 0.1) is 23.3 Å². The van der Waals surface area contributed by atoms with Crippen LogP contribution in [-0.2, 0) is 0 Å². The summed E-state index contributed by atoms with van der Waals surface area (Å²) in [5.41, 5.74) is 2.54. The van der Waals surface area contributed by atoms with Crippen molar-refractivity contribution < 1.29 is 22.3 Å². The lowest BCUT2D eigenvalue weighted by Gasteiger charge is -2.01. The summed E-state index contributed by atoms with van der Waals surface area (Å²) in [5.74, 6) is -4.90. The van der Waals surface area contributed by atoms with Crippen molar-refractivity contribution in [3.05, 3.63) is 65.0 Å². The highest BCUT2D eigenvalue weighted by Crippen LogP contribution is 2.29. The van der Waals surface area contributed by atoms with Crippen LogP contribution >= 0.6 is 0 Å². The van der Waals surface area contributed by atoms with Crippen LogP contribution in [0.15, 0.2) is 30.3 Å². The van der Waals surface area contributed by atoms with E-state index in [0.717, 1.165) is 11.3 Å². The number of para-hydroxylation sites is 1. The molecule has 2 heterocycles. The first kappa shape index (κ1) is 21.7. The van der Waals surface area contributed by atoms with Gasteiger partial charge in [0.15, 0.2) is 23.3 Å². The summed E-state index contributed by atoms with van der Waals surface area (Å²) in [4.78, 5) is 5.94. The topological polar surface area (TPSA) is 40.8 Å². The van der Waals surface area contributed by atoms with Gasteiger partial charge in [0.25, 0.3) is 0 Å². The van der Waals surface area contributed by atoms with E-state index in [9.17, 15) is 17.6 Å². The number of hydrogen-bond acceptors (Lipinski definition) is 1. The van der Waals surface area contributed by atoms with Crippen molar-refractivity contribution >= 4 is 21.8 Å². The first-order valence-corrected chi connectivity index (χ1v) is 9.65. The maximum atomic E-state index is 13.3. The molecule has 2 aromatic heterocycles. The van der Waals surface area contributed by atoms with Gasteiger partial charge in [0.2, 0.25) is 0 Å². The van der Waals surface area contributed by atoms with E-state index in [1.54, 1.807) is 21.0 Å². The third-order valence-corrected chi connectivity index (χ3v) is 4.98. The average Bonchev–Trinajstić information content (AvgIpc) is 3.36. The summed E-state index contributed by atoms with van der Waals surface area (Å²) in [6.45, 7) is 7.95. The molecule has 0 aliphatic heterocycles. The summed E-state index contributed by atoms with van der Waals surface area (Å²) in [6, 6.07) is 9.56. The Kier molecular flexibility index (Phi) is 6.10. The van der Waals surface area contributed by atoms with Gasteiger partial charge < -0.3 is 14.7 Å². The maximum Gasteiger partial charge on any atom is 0.199 e. The van der Waals surface area contributed by atoms with Crippen molar-refractivity contribution in [2.45, 2.75) is 39.5 Å². The molecule has 0 saturated heterocycles. The van der Waals surface area contributed by atoms with Crippen molar-refractivity contribution in [2.75, 3.05) is 7.11 Å². The molecule has 2 N–H and O–H groups in total. The van der Waals surface area contributed by atoms with E-state index >= 15 is 0 Å². The second-order valence-electron chi connectivity index (χ2n) is 7.73. The molecule has 160 valence electrons. The lowest BCUT2D eigenvalue weighted by molar-refractivity contribution is 0.417. The largest absolute Gasteiger partial charge is 0.495 e. The van der Waals surface area contributed by atoms with Crippen molar-refractivity contribution in [1.29, 1.82) is 0 Å². The van der Waals surface area contributed by atoms with Crippen LogP contribution in [0.1, 0.15) is 50.9 Å². The van der Waals surface area contributed by atoms with Crippen LogP contribution in [0.2, 0.25) is 0 Å². The Morgan fingerprint density at radius 3 is 1.90 bits per heavy atom. The molecule has 0 fully saturated rings. The number of fused-ring (bicyclic) bond motifs is 2. The maximum absolute atomic E-state index is 13.3. The Bertz CT molecular complexity index is 1150. The minimum absolute atomic E-state index is 0.0164. The van der Waals surface area contributed by atoms with Gasteiger partial charge in [0, 0.05) is 22.2 Å². The van der Waals surface area contributed by atoms with E-state index in [2.05, 4.69) is 35.9 Å². The van der Waals surface area contributed by atoms with E-state index in [-0.39, 0.29) is 16.8 Å². The van der Waals surface area contributed by atoms with E-state index in [1.165, 1.54) is 17.1 Å². The number of benzene rings is 2.